The summed E-state index contributed by atoms with van der Waals surface area (Å²) in [7, 11) is 0. The molecule has 0 radical (unpaired) electrons. The predicted molar refractivity (Wildman–Crippen MR) is 43.9 cm³/mol. The second-order valence-electron chi connectivity index (χ2n) is 2.07. The number of ether oxygens (including phenoxy) is 1. The van der Waals surface area contributed by atoms with Crippen molar-refractivity contribution in [3.05, 3.63) is 40.6 Å². The van der Waals surface area contributed by atoms with Gasteiger partial charge in [0.15, 0.2) is 5.75 Å². The minimum Gasteiger partial charge on any atom is -0.490 e. The van der Waals surface area contributed by atoms with E-state index in [0.717, 1.165) is 0 Å². The predicted octanol–water partition coefficient (Wildman–Crippen LogP) is 1.45. The molecule has 0 saturated heterocycles. The third kappa shape index (κ3) is 2.08. The number of hydrogen-bond donors (Lipinski definition) is 0. The lowest BCUT2D eigenvalue weighted by Gasteiger charge is -1.95. The molecule has 0 saturated carbocycles. The van der Waals surface area contributed by atoms with Crippen LogP contribution in [-0.4, -0.2) is 6.61 Å². The van der Waals surface area contributed by atoms with Crippen LogP contribution < -0.4 is 10.2 Å². The molecule has 0 aliphatic heterocycles. The average molecular weight is 150 g/mol. The van der Waals surface area contributed by atoms with Gasteiger partial charge in [-0.15, -0.1) is 0 Å². The van der Waals surface area contributed by atoms with E-state index in [4.69, 9.17) is 4.74 Å². The Balaban J connectivity index is 3.07. The van der Waals surface area contributed by atoms with Crippen molar-refractivity contribution in [1.82, 2.24) is 0 Å². The molecule has 0 bridgehead atoms. The second-order valence-corrected chi connectivity index (χ2v) is 2.07. The fourth-order valence-electron chi connectivity index (χ4n) is 0.789. The molecular weight excluding hydrogens is 140 g/mol. The zero-order valence-corrected chi connectivity index (χ0v) is 6.41. The SMILES string of the molecule is CCOc1cccccc1=O. The van der Waals surface area contributed by atoms with E-state index < -0.39 is 0 Å². The van der Waals surface area contributed by atoms with Gasteiger partial charge in [-0.05, 0) is 19.1 Å². The van der Waals surface area contributed by atoms with Gasteiger partial charge in [0.05, 0.1) is 6.61 Å². The standard InChI is InChI=1S/C9H10O2/c1-2-11-9-7-5-3-4-6-8(9)10/h3-7H,2H2,1H3. The summed E-state index contributed by atoms with van der Waals surface area (Å²) in [5.41, 5.74) is -0.0724. The van der Waals surface area contributed by atoms with Crippen molar-refractivity contribution in [3.8, 4) is 5.75 Å². The van der Waals surface area contributed by atoms with Crippen LogP contribution in [0.15, 0.2) is 35.1 Å². The third-order valence-electron chi connectivity index (χ3n) is 1.26. The lowest BCUT2D eigenvalue weighted by molar-refractivity contribution is 0.337. The summed E-state index contributed by atoms with van der Waals surface area (Å²) in [5.74, 6) is 0.414. The van der Waals surface area contributed by atoms with Crippen LogP contribution in [0.5, 0.6) is 5.75 Å². The Labute approximate surface area is 65.4 Å². The van der Waals surface area contributed by atoms with Gasteiger partial charge in [0.1, 0.15) is 0 Å². The quantitative estimate of drug-likeness (QED) is 0.637. The van der Waals surface area contributed by atoms with Crippen molar-refractivity contribution in [2.75, 3.05) is 6.61 Å². The Morgan fingerprint density at radius 2 is 2.00 bits per heavy atom. The lowest BCUT2D eigenvalue weighted by atomic mass is 10.4. The van der Waals surface area contributed by atoms with E-state index in [-0.39, 0.29) is 5.43 Å². The second kappa shape index (κ2) is 3.76. The van der Waals surface area contributed by atoms with Crippen molar-refractivity contribution in [2.45, 2.75) is 6.92 Å². The summed E-state index contributed by atoms with van der Waals surface area (Å²) in [5, 5.41) is 0. The van der Waals surface area contributed by atoms with Crippen LogP contribution in [-0.2, 0) is 0 Å². The van der Waals surface area contributed by atoms with Gasteiger partial charge in [0, 0.05) is 0 Å². The maximum atomic E-state index is 11.1. The summed E-state index contributed by atoms with van der Waals surface area (Å²) in [4.78, 5) is 11.1. The highest BCUT2D eigenvalue weighted by Crippen LogP contribution is 1.98. The molecular formula is C9H10O2. The van der Waals surface area contributed by atoms with Crippen LogP contribution in [0.3, 0.4) is 0 Å². The normalized spacial score (nSPS) is 9.18. The average Bonchev–Trinajstić information content (AvgIpc) is 2.18. The Morgan fingerprint density at radius 1 is 1.27 bits per heavy atom. The monoisotopic (exact) mass is 150 g/mol. The summed E-state index contributed by atoms with van der Waals surface area (Å²) in [6.45, 7) is 2.38. The number of hydrogen-bond acceptors (Lipinski definition) is 2. The zero-order valence-electron chi connectivity index (χ0n) is 6.41. The van der Waals surface area contributed by atoms with Crippen LogP contribution >= 0.6 is 0 Å². The Morgan fingerprint density at radius 3 is 2.73 bits per heavy atom. The molecule has 58 valence electrons. The van der Waals surface area contributed by atoms with E-state index in [2.05, 4.69) is 0 Å². The van der Waals surface area contributed by atoms with Gasteiger partial charge in [-0.3, -0.25) is 4.79 Å². The van der Waals surface area contributed by atoms with Crippen LogP contribution in [0.1, 0.15) is 6.92 Å². The topological polar surface area (TPSA) is 26.3 Å². The highest BCUT2D eigenvalue weighted by Gasteiger charge is 1.92. The molecule has 0 aromatic heterocycles. The van der Waals surface area contributed by atoms with Gasteiger partial charge in [-0.25, -0.2) is 0 Å². The van der Waals surface area contributed by atoms with Crippen molar-refractivity contribution < 1.29 is 4.74 Å². The summed E-state index contributed by atoms with van der Waals surface area (Å²) in [6, 6.07) is 8.44. The minimum absolute atomic E-state index is 0.0724. The maximum Gasteiger partial charge on any atom is 0.220 e. The highest BCUT2D eigenvalue weighted by atomic mass is 16.5. The molecule has 0 N–H and O–H groups in total. The van der Waals surface area contributed by atoms with Crippen LogP contribution in [0.4, 0.5) is 0 Å². The molecule has 11 heavy (non-hydrogen) atoms. The molecule has 1 rings (SSSR count). The lowest BCUT2D eigenvalue weighted by Crippen LogP contribution is -2.02. The van der Waals surface area contributed by atoms with E-state index in [1.54, 1.807) is 24.3 Å². The van der Waals surface area contributed by atoms with E-state index in [1.807, 2.05) is 6.92 Å². The van der Waals surface area contributed by atoms with Crippen molar-refractivity contribution in [1.29, 1.82) is 0 Å². The van der Waals surface area contributed by atoms with E-state index >= 15 is 0 Å². The first-order valence-corrected chi connectivity index (χ1v) is 3.56. The van der Waals surface area contributed by atoms with Gasteiger partial charge < -0.3 is 4.74 Å². The highest BCUT2D eigenvalue weighted by molar-refractivity contribution is 5.20. The molecule has 1 aromatic rings. The van der Waals surface area contributed by atoms with E-state index in [1.165, 1.54) is 6.07 Å². The Hall–Kier alpha value is -1.31. The Bertz CT molecular complexity index is 281. The largest absolute Gasteiger partial charge is 0.490 e. The van der Waals surface area contributed by atoms with E-state index in [9.17, 15) is 4.79 Å². The van der Waals surface area contributed by atoms with Gasteiger partial charge in [0.25, 0.3) is 0 Å². The van der Waals surface area contributed by atoms with E-state index in [0.29, 0.717) is 12.4 Å². The van der Waals surface area contributed by atoms with Gasteiger partial charge in [0.2, 0.25) is 5.43 Å². The summed E-state index contributed by atoms with van der Waals surface area (Å²) < 4.78 is 5.08. The van der Waals surface area contributed by atoms with Crippen molar-refractivity contribution >= 4 is 0 Å². The molecule has 0 aliphatic carbocycles. The fourth-order valence-corrected chi connectivity index (χ4v) is 0.789. The van der Waals surface area contributed by atoms with Crippen molar-refractivity contribution in [3.63, 3.8) is 0 Å². The first-order valence-electron chi connectivity index (χ1n) is 3.56. The summed E-state index contributed by atoms with van der Waals surface area (Å²) in [6.07, 6.45) is 0. The maximum absolute atomic E-state index is 11.1. The van der Waals surface area contributed by atoms with Gasteiger partial charge in [-0.1, -0.05) is 18.2 Å². The van der Waals surface area contributed by atoms with Crippen LogP contribution in [0, 0.1) is 0 Å². The fraction of sp³-hybridized carbons (Fsp3) is 0.222. The Kier molecular flexibility index (Phi) is 2.66. The molecule has 0 aliphatic rings. The van der Waals surface area contributed by atoms with Gasteiger partial charge in [-0.2, -0.15) is 0 Å². The molecule has 0 unspecified atom stereocenters. The molecule has 0 spiro atoms. The third-order valence-corrected chi connectivity index (χ3v) is 1.26. The molecule has 2 heteroatoms. The first-order chi connectivity index (χ1) is 5.34. The molecule has 1 aromatic carbocycles. The van der Waals surface area contributed by atoms with Crippen molar-refractivity contribution in [2.24, 2.45) is 0 Å². The molecule has 2 nitrogen and oxygen atoms in total. The molecule has 0 heterocycles. The minimum atomic E-state index is -0.0724. The molecule has 0 amide bonds. The smallest absolute Gasteiger partial charge is 0.220 e. The molecule has 0 fully saturated rings. The zero-order chi connectivity index (χ0) is 8.10. The van der Waals surface area contributed by atoms with Crippen LogP contribution in [0.2, 0.25) is 0 Å². The first kappa shape index (κ1) is 7.79. The number of rotatable bonds is 2. The van der Waals surface area contributed by atoms with Gasteiger partial charge >= 0.3 is 0 Å². The summed E-state index contributed by atoms with van der Waals surface area (Å²) >= 11 is 0. The molecule has 0 atom stereocenters. The van der Waals surface area contributed by atoms with Crippen LogP contribution in [0.25, 0.3) is 0 Å².